The third-order valence-corrected chi connectivity index (χ3v) is 28.4. The van der Waals surface area contributed by atoms with E-state index in [4.69, 9.17) is 4.42 Å². The predicted octanol–water partition coefficient (Wildman–Crippen LogP) is 27.2. The molecule has 8 bridgehead atoms. The van der Waals surface area contributed by atoms with Crippen molar-refractivity contribution in [2.45, 2.75) is 75.0 Å². The standard InChI is InChI=1S/C52H39NO.C52H41N/c1-4-16-46-40(11-1)44-29-33(19-21-47(44)52(46)36-24-31-23-32(26-36)27-37(52)25-31)34-20-22-49-45(30-34)41-12-2-5-17-48(41)53(49)38-10-7-9-35(28-38)39-14-8-15-43-42-13-3-6-18-50(42)54-51(39)43;1-2-8-35(9-3-1)36-14-16-37(17-15-36)38-18-22-43(23-19-38)53-50-13-7-5-11-45(50)47-32-40(21-25-51(47)53)39-20-24-49-46(31-39)44-10-4-6-12-48(44)52(49)41-27-33-26-34(29-41)30-42(52)28-33/h1-22,28-32,36-37H,23-27H2;1-25,31-34,41-42H,26-30H2. The molecule has 0 amide bonds. The Balaban J connectivity index is 0.000000126. The molecule has 512 valence electrons. The molecule has 0 N–H and O–H groups in total. The molecule has 10 aliphatic carbocycles. The molecule has 0 radical (unpaired) electrons. The molecule has 3 nitrogen and oxygen atoms in total. The van der Waals surface area contributed by atoms with Crippen molar-refractivity contribution in [3.63, 3.8) is 0 Å². The zero-order valence-corrected chi connectivity index (χ0v) is 60.0. The Kier molecular flexibility index (Phi) is 13.0. The fraction of sp³-hybridized carbons (Fsp3) is 0.192. The monoisotopic (exact) mass is 1370 g/mol. The summed E-state index contributed by atoms with van der Waals surface area (Å²) in [6.45, 7) is 0. The number of aromatic nitrogens is 2. The van der Waals surface area contributed by atoms with Crippen LogP contribution in [0.4, 0.5) is 0 Å². The van der Waals surface area contributed by atoms with Crippen molar-refractivity contribution in [3.8, 4) is 89.3 Å². The van der Waals surface area contributed by atoms with Crippen LogP contribution < -0.4 is 0 Å². The molecule has 8 fully saturated rings. The van der Waals surface area contributed by atoms with E-state index in [1.165, 1.54) is 180 Å². The maximum atomic E-state index is 6.46. The van der Waals surface area contributed by atoms with Crippen LogP contribution in [0.2, 0.25) is 0 Å². The lowest BCUT2D eigenvalue weighted by Gasteiger charge is -2.61. The van der Waals surface area contributed by atoms with E-state index in [0.717, 1.165) is 86.1 Å². The van der Waals surface area contributed by atoms with Gasteiger partial charge in [-0.15, -0.1) is 0 Å². The second-order valence-electron chi connectivity index (χ2n) is 33.4. The number of benzene rings is 14. The summed E-state index contributed by atoms with van der Waals surface area (Å²) in [4.78, 5) is 0. The summed E-state index contributed by atoms with van der Waals surface area (Å²) in [5.41, 5.74) is 34.4. The smallest absolute Gasteiger partial charge is 0.143 e. The van der Waals surface area contributed by atoms with Gasteiger partial charge in [-0.3, -0.25) is 0 Å². The zero-order chi connectivity index (χ0) is 69.8. The van der Waals surface area contributed by atoms with Crippen LogP contribution in [0, 0.1) is 47.3 Å². The van der Waals surface area contributed by atoms with Gasteiger partial charge in [0.1, 0.15) is 11.2 Å². The number of furan rings is 1. The van der Waals surface area contributed by atoms with Crippen molar-refractivity contribution >= 4 is 65.6 Å². The van der Waals surface area contributed by atoms with Gasteiger partial charge in [-0.2, -0.15) is 0 Å². The SMILES string of the molecule is c1cc(-c2cccc3c2oc2ccccc23)cc(-n2c3ccccc3c3cc(-c4ccc5c(c4)-c4ccccc4C54C5CC6CC(C5)CC4C6)ccc32)c1.c1ccc(-c2ccc(-c3ccc(-n4c5ccccc5c5cc(-c6ccc7c(c6)-c6ccccc6C76C7CC8CC(C7)CC6C8)ccc54)cc3)cc2)cc1. The Morgan fingerprint density at radius 2 is 0.598 bits per heavy atom. The first-order chi connectivity index (χ1) is 52.9. The van der Waals surface area contributed by atoms with E-state index < -0.39 is 0 Å². The fourth-order valence-electron chi connectivity index (χ4n) is 24.6. The molecule has 3 aromatic heterocycles. The van der Waals surface area contributed by atoms with Gasteiger partial charge in [0.05, 0.1) is 22.1 Å². The summed E-state index contributed by atoms with van der Waals surface area (Å²) in [6, 6.07) is 118. The molecule has 8 saturated carbocycles. The van der Waals surface area contributed by atoms with Crippen LogP contribution in [-0.4, -0.2) is 9.13 Å². The quantitative estimate of drug-likeness (QED) is 0.156. The molecular weight excluding hydrogens is 1290 g/mol. The molecule has 17 aromatic rings. The van der Waals surface area contributed by atoms with E-state index in [9.17, 15) is 0 Å². The molecular formula is C104H80N2O. The van der Waals surface area contributed by atoms with Gasteiger partial charge >= 0.3 is 0 Å². The van der Waals surface area contributed by atoms with Gasteiger partial charge in [-0.1, -0.05) is 237 Å². The average Bonchev–Trinajstić information content (AvgIpc) is 1.54. The van der Waals surface area contributed by atoms with Gasteiger partial charge in [-0.05, 0) is 285 Å². The molecule has 27 rings (SSSR count). The van der Waals surface area contributed by atoms with Crippen LogP contribution in [0.3, 0.4) is 0 Å². The summed E-state index contributed by atoms with van der Waals surface area (Å²) in [6.07, 6.45) is 14.3. The molecule has 3 heteroatoms. The molecule has 0 aliphatic heterocycles. The minimum absolute atomic E-state index is 0.208. The van der Waals surface area contributed by atoms with E-state index in [1.807, 2.05) is 6.07 Å². The van der Waals surface area contributed by atoms with Crippen molar-refractivity contribution in [1.82, 2.24) is 9.13 Å². The third-order valence-electron chi connectivity index (χ3n) is 28.4. The molecule has 107 heavy (non-hydrogen) atoms. The second kappa shape index (κ2) is 23.0. The first-order valence-electron chi connectivity index (χ1n) is 39.8. The summed E-state index contributed by atoms with van der Waals surface area (Å²) in [5, 5.41) is 7.47. The highest BCUT2D eigenvalue weighted by Gasteiger charge is 2.63. The fourth-order valence-corrected chi connectivity index (χ4v) is 24.6. The van der Waals surface area contributed by atoms with E-state index in [1.54, 1.807) is 22.3 Å². The maximum Gasteiger partial charge on any atom is 0.143 e. The molecule has 2 spiro atoms. The topological polar surface area (TPSA) is 23.0 Å². The summed E-state index contributed by atoms with van der Waals surface area (Å²) in [7, 11) is 0. The maximum absolute atomic E-state index is 6.46. The third kappa shape index (κ3) is 8.77. The summed E-state index contributed by atoms with van der Waals surface area (Å²) < 4.78 is 11.3. The summed E-state index contributed by atoms with van der Waals surface area (Å²) >= 11 is 0. The highest BCUT2D eigenvalue weighted by Crippen LogP contribution is 2.71. The molecule has 10 aliphatic rings. The molecule has 14 aromatic carbocycles. The first-order valence-corrected chi connectivity index (χ1v) is 39.8. The lowest BCUT2D eigenvalue weighted by atomic mass is 9.43. The Labute approximate surface area is 624 Å². The molecule has 0 unspecified atom stereocenters. The second-order valence-corrected chi connectivity index (χ2v) is 33.4. The van der Waals surface area contributed by atoms with E-state index in [-0.39, 0.29) is 10.8 Å². The van der Waals surface area contributed by atoms with Crippen molar-refractivity contribution in [2.75, 3.05) is 0 Å². The normalized spacial score (nSPS) is 23.6. The minimum Gasteiger partial charge on any atom is -0.455 e. The van der Waals surface area contributed by atoms with Crippen LogP contribution in [0.5, 0.6) is 0 Å². The number of para-hydroxylation sites is 4. The number of rotatable bonds is 7. The van der Waals surface area contributed by atoms with Gasteiger partial charge in [0.25, 0.3) is 0 Å². The largest absolute Gasteiger partial charge is 0.455 e. The first kappa shape index (κ1) is 60.7. The van der Waals surface area contributed by atoms with Gasteiger partial charge in [-0.25, -0.2) is 0 Å². The Morgan fingerprint density at radius 3 is 1.14 bits per heavy atom. The molecule has 0 atom stereocenters. The molecule has 0 saturated heterocycles. The van der Waals surface area contributed by atoms with Crippen molar-refractivity contribution in [1.29, 1.82) is 0 Å². The molecule has 3 heterocycles. The average molecular weight is 1370 g/mol. The Bertz CT molecular complexity index is 6480. The van der Waals surface area contributed by atoms with Gasteiger partial charge in [0.2, 0.25) is 0 Å². The van der Waals surface area contributed by atoms with Crippen LogP contribution >= 0.6 is 0 Å². The van der Waals surface area contributed by atoms with Gasteiger partial charge in [0.15, 0.2) is 0 Å². The lowest BCUT2D eigenvalue weighted by molar-refractivity contribution is -0.0399. The Morgan fingerprint density at radius 1 is 0.224 bits per heavy atom. The minimum atomic E-state index is 0.208. The summed E-state index contributed by atoms with van der Waals surface area (Å²) in [5.74, 6) is 6.99. The number of fused-ring (bicyclic) bond motifs is 15. The van der Waals surface area contributed by atoms with Crippen LogP contribution in [-0.2, 0) is 10.8 Å². The number of hydrogen-bond acceptors (Lipinski definition) is 1. The van der Waals surface area contributed by atoms with Crippen molar-refractivity contribution in [3.05, 3.63) is 338 Å². The highest BCUT2D eigenvalue weighted by molar-refractivity contribution is 6.13. The lowest BCUT2D eigenvalue weighted by Crippen LogP contribution is -2.55. The predicted molar refractivity (Wildman–Crippen MR) is 443 cm³/mol. The number of nitrogens with zero attached hydrogens (tertiary/aromatic N) is 2. The number of hydrogen-bond donors (Lipinski definition) is 0. The van der Waals surface area contributed by atoms with Crippen LogP contribution in [0.1, 0.15) is 86.5 Å². The van der Waals surface area contributed by atoms with Crippen LogP contribution in [0.25, 0.3) is 155 Å². The van der Waals surface area contributed by atoms with E-state index >= 15 is 0 Å². The van der Waals surface area contributed by atoms with Crippen molar-refractivity contribution in [2.24, 2.45) is 47.3 Å². The zero-order valence-electron chi connectivity index (χ0n) is 60.0. The van der Waals surface area contributed by atoms with Crippen LogP contribution in [0.15, 0.2) is 320 Å². The van der Waals surface area contributed by atoms with Gasteiger partial charge in [0, 0.05) is 60.1 Å². The van der Waals surface area contributed by atoms with Gasteiger partial charge < -0.3 is 13.6 Å². The highest BCUT2D eigenvalue weighted by atomic mass is 16.3. The van der Waals surface area contributed by atoms with E-state index in [0.29, 0.717) is 0 Å². The van der Waals surface area contributed by atoms with Crippen molar-refractivity contribution < 1.29 is 4.42 Å². The Hall–Kier alpha value is -11.5. The van der Waals surface area contributed by atoms with E-state index in [2.05, 4.69) is 319 Å².